The summed E-state index contributed by atoms with van der Waals surface area (Å²) in [6, 6.07) is 22.7. The number of rotatable bonds is 5. The van der Waals surface area contributed by atoms with Gasteiger partial charge in [0, 0.05) is 0 Å². The number of carbonyl (C=O) groups excluding carboxylic acids is 2. The van der Waals surface area contributed by atoms with E-state index in [-0.39, 0.29) is 5.57 Å². The maximum absolute atomic E-state index is 12.9. The maximum Gasteiger partial charge on any atom is 0.261 e. The number of halogens is 2. The number of benzene rings is 3. The highest BCUT2D eigenvalue weighted by Gasteiger charge is 2.20. The lowest BCUT2D eigenvalue weighted by Crippen LogP contribution is -2.25. The SMILES string of the molecule is O=C(Nc1ccccc1Cl)C(=Cc1ccccc1)C(=O)Nc1ccccc1Cl. The van der Waals surface area contributed by atoms with Gasteiger partial charge in [0.2, 0.25) is 0 Å². The second-order valence-corrected chi connectivity index (χ2v) is 6.65. The Morgan fingerprint density at radius 2 is 1.07 bits per heavy atom. The van der Waals surface area contributed by atoms with Gasteiger partial charge in [0.1, 0.15) is 5.57 Å². The number of hydrogen-bond acceptors (Lipinski definition) is 2. The minimum atomic E-state index is -0.582. The molecule has 0 bridgehead atoms. The molecule has 4 nitrogen and oxygen atoms in total. The largest absolute Gasteiger partial charge is 0.320 e. The second-order valence-electron chi connectivity index (χ2n) is 5.84. The molecule has 0 saturated heterocycles. The predicted molar refractivity (Wildman–Crippen MR) is 115 cm³/mol. The number of amides is 2. The lowest BCUT2D eigenvalue weighted by atomic mass is 10.1. The lowest BCUT2D eigenvalue weighted by molar-refractivity contribution is -0.118. The molecule has 0 heterocycles. The molecule has 3 rings (SSSR count). The number of nitrogens with one attached hydrogen (secondary N) is 2. The number of hydrogen-bond donors (Lipinski definition) is 2. The van der Waals surface area contributed by atoms with Gasteiger partial charge in [-0.1, -0.05) is 77.8 Å². The average Bonchev–Trinajstić information content (AvgIpc) is 2.70. The van der Waals surface area contributed by atoms with Crippen LogP contribution in [0.25, 0.3) is 6.08 Å². The van der Waals surface area contributed by atoms with Crippen molar-refractivity contribution in [1.82, 2.24) is 0 Å². The van der Waals surface area contributed by atoms with Crippen molar-refractivity contribution >= 4 is 52.5 Å². The van der Waals surface area contributed by atoms with E-state index < -0.39 is 11.8 Å². The first-order valence-electron chi connectivity index (χ1n) is 8.43. The highest BCUT2D eigenvalue weighted by atomic mass is 35.5. The third-order valence-electron chi connectivity index (χ3n) is 3.84. The van der Waals surface area contributed by atoms with Gasteiger partial charge < -0.3 is 10.6 Å². The van der Waals surface area contributed by atoms with Gasteiger partial charge in [-0.25, -0.2) is 0 Å². The Labute approximate surface area is 172 Å². The third kappa shape index (κ3) is 5.00. The fourth-order valence-electron chi connectivity index (χ4n) is 2.45. The van der Waals surface area contributed by atoms with Crippen molar-refractivity contribution in [2.75, 3.05) is 10.6 Å². The van der Waals surface area contributed by atoms with Crippen LogP contribution in [0.3, 0.4) is 0 Å². The molecule has 6 heteroatoms. The van der Waals surface area contributed by atoms with E-state index in [2.05, 4.69) is 10.6 Å². The first kappa shape index (κ1) is 19.7. The monoisotopic (exact) mass is 410 g/mol. The number of para-hydroxylation sites is 2. The van der Waals surface area contributed by atoms with Gasteiger partial charge in [-0.05, 0) is 35.9 Å². The van der Waals surface area contributed by atoms with Crippen LogP contribution < -0.4 is 10.6 Å². The van der Waals surface area contributed by atoms with E-state index in [1.54, 1.807) is 60.7 Å². The van der Waals surface area contributed by atoms with Crippen LogP contribution in [0, 0.1) is 0 Å². The van der Waals surface area contributed by atoms with Crippen molar-refractivity contribution in [2.45, 2.75) is 0 Å². The summed E-state index contributed by atoms with van der Waals surface area (Å²) in [5, 5.41) is 6.11. The molecule has 0 unspecified atom stereocenters. The van der Waals surface area contributed by atoms with E-state index in [1.165, 1.54) is 6.08 Å². The number of carbonyl (C=O) groups is 2. The van der Waals surface area contributed by atoms with Gasteiger partial charge >= 0.3 is 0 Å². The van der Waals surface area contributed by atoms with Crippen LogP contribution in [0.4, 0.5) is 11.4 Å². The quantitative estimate of drug-likeness (QED) is 0.324. The minimum Gasteiger partial charge on any atom is -0.320 e. The van der Waals surface area contributed by atoms with Crippen molar-refractivity contribution in [3.8, 4) is 0 Å². The second kappa shape index (κ2) is 9.22. The summed E-state index contributed by atoms with van der Waals surface area (Å²) in [6.45, 7) is 0. The van der Waals surface area contributed by atoms with Crippen LogP contribution >= 0.6 is 23.2 Å². The molecule has 0 aliphatic carbocycles. The fourth-order valence-corrected chi connectivity index (χ4v) is 2.82. The topological polar surface area (TPSA) is 58.2 Å². The molecule has 2 N–H and O–H groups in total. The van der Waals surface area contributed by atoms with Gasteiger partial charge in [0.25, 0.3) is 11.8 Å². The molecular weight excluding hydrogens is 395 g/mol. The molecule has 0 atom stereocenters. The Balaban J connectivity index is 1.92. The summed E-state index contributed by atoms with van der Waals surface area (Å²) < 4.78 is 0. The van der Waals surface area contributed by atoms with Crippen LogP contribution in [0.5, 0.6) is 0 Å². The minimum absolute atomic E-state index is 0.0777. The molecule has 0 aromatic heterocycles. The normalized spacial score (nSPS) is 10.1. The molecule has 140 valence electrons. The smallest absolute Gasteiger partial charge is 0.261 e. The van der Waals surface area contributed by atoms with E-state index >= 15 is 0 Å². The first-order chi connectivity index (χ1) is 13.5. The Hall–Kier alpha value is -3.08. The van der Waals surface area contributed by atoms with Gasteiger partial charge in [0.15, 0.2) is 0 Å². The Kier molecular flexibility index (Phi) is 6.48. The van der Waals surface area contributed by atoms with Crippen molar-refractivity contribution in [1.29, 1.82) is 0 Å². The molecule has 0 radical (unpaired) electrons. The fraction of sp³-hybridized carbons (Fsp3) is 0. The molecule has 28 heavy (non-hydrogen) atoms. The van der Waals surface area contributed by atoms with Crippen LogP contribution in [-0.2, 0) is 9.59 Å². The van der Waals surface area contributed by atoms with E-state index in [1.807, 2.05) is 18.2 Å². The molecule has 3 aromatic rings. The van der Waals surface area contributed by atoms with E-state index in [9.17, 15) is 9.59 Å². The van der Waals surface area contributed by atoms with Crippen molar-refractivity contribution < 1.29 is 9.59 Å². The summed E-state index contributed by atoms with van der Waals surface area (Å²) in [5.41, 5.74) is 1.46. The predicted octanol–water partition coefficient (Wildman–Crippen LogP) is 5.65. The standard InChI is InChI=1S/C22H16Cl2N2O2/c23-17-10-4-6-12-19(17)25-21(27)16(14-15-8-2-1-3-9-15)22(28)26-20-13-7-5-11-18(20)24/h1-14H,(H,25,27)(H,26,28). The van der Waals surface area contributed by atoms with E-state index in [0.29, 0.717) is 27.0 Å². The zero-order valence-corrected chi connectivity index (χ0v) is 16.2. The first-order valence-corrected chi connectivity index (χ1v) is 9.18. The summed E-state index contributed by atoms with van der Waals surface area (Å²) in [5.74, 6) is -1.16. The number of anilines is 2. The van der Waals surface area contributed by atoms with Gasteiger partial charge in [-0.2, -0.15) is 0 Å². The van der Waals surface area contributed by atoms with Crippen LogP contribution in [-0.4, -0.2) is 11.8 Å². The average molecular weight is 411 g/mol. The summed E-state index contributed by atoms with van der Waals surface area (Å²) in [4.78, 5) is 25.7. The molecule has 0 aliphatic rings. The van der Waals surface area contributed by atoms with Crippen molar-refractivity contribution in [3.05, 3.63) is 100 Å². The van der Waals surface area contributed by atoms with Crippen molar-refractivity contribution in [3.63, 3.8) is 0 Å². The molecule has 0 fully saturated rings. The van der Waals surface area contributed by atoms with Gasteiger partial charge in [0.05, 0.1) is 21.4 Å². The van der Waals surface area contributed by atoms with Crippen LogP contribution in [0.2, 0.25) is 10.0 Å². The zero-order valence-electron chi connectivity index (χ0n) is 14.7. The summed E-state index contributed by atoms with van der Waals surface area (Å²) in [7, 11) is 0. The Bertz CT molecular complexity index is 972. The molecule has 2 amide bonds. The van der Waals surface area contributed by atoms with Crippen LogP contribution in [0.15, 0.2) is 84.4 Å². The van der Waals surface area contributed by atoms with Crippen LogP contribution in [0.1, 0.15) is 5.56 Å². The molecule has 0 spiro atoms. The van der Waals surface area contributed by atoms with E-state index in [4.69, 9.17) is 23.2 Å². The van der Waals surface area contributed by atoms with E-state index in [0.717, 1.165) is 0 Å². The summed E-state index contributed by atoms with van der Waals surface area (Å²) >= 11 is 12.2. The summed E-state index contributed by atoms with van der Waals surface area (Å²) in [6.07, 6.45) is 1.51. The maximum atomic E-state index is 12.9. The zero-order chi connectivity index (χ0) is 19.9. The molecular formula is C22H16Cl2N2O2. The molecule has 3 aromatic carbocycles. The Morgan fingerprint density at radius 1 is 0.643 bits per heavy atom. The molecule has 0 saturated carbocycles. The highest BCUT2D eigenvalue weighted by molar-refractivity contribution is 6.36. The van der Waals surface area contributed by atoms with Crippen molar-refractivity contribution in [2.24, 2.45) is 0 Å². The van der Waals surface area contributed by atoms with Gasteiger partial charge in [-0.3, -0.25) is 9.59 Å². The third-order valence-corrected chi connectivity index (χ3v) is 4.50. The lowest BCUT2D eigenvalue weighted by Gasteiger charge is -2.12. The Morgan fingerprint density at radius 3 is 1.54 bits per heavy atom. The van der Waals surface area contributed by atoms with Gasteiger partial charge in [-0.15, -0.1) is 0 Å². The highest BCUT2D eigenvalue weighted by Crippen LogP contribution is 2.24. The molecule has 0 aliphatic heterocycles.